The van der Waals surface area contributed by atoms with Gasteiger partial charge in [-0.2, -0.15) is 9.97 Å². The van der Waals surface area contributed by atoms with Crippen LogP contribution >= 0.6 is 0 Å². The Morgan fingerprint density at radius 2 is 1.86 bits per heavy atom. The molecule has 3 fully saturated rings. The lowest BCUT2D eigenvalue weighted by Crippen LogP contribution is -2.52. The first-order valence-corrected chi connectivity index (χ1v) is 14.1. The monoisotopic (exact) mass is 498 g/mol. The molecule has 7 heteroatoms. The van der Waals surface area contributed by atoms with Crippen LogP contribution in [0.1, 0.15) is 42.5 Å². The first-order valence-electron chi connectivity index (χ1n) is 14.1. The summed E-state index contributed by atoms with van der Waals surface area (Å²) in [5.41, 5.74) is 5.03. The number of nitrogens with one attached hydrogen (secondary N) is 1. The number of piperazine rings is 1. The minimum absolute atomic E-state index is 0.452. The Kier molecular flexibility index (Phi) is 5.93. The number of nitrogens with zero attached hydrogens (tertiary/aromatic N) is 5. The summed E-state index contributed by atoms with van der Waals surface area (Å²) in [6.45, 7) is 7.79. The summed E-state index contributed by atoms with van der Waals surface area (Å²) >= 11 is 0. The van der Waals surface area contributed by atoms with Crippen LogP contribution in [0.5, 0.6) is 6.01 Å². The van der Waals surface area contributed by atoms with Crippen LogP contribution in [-0.2, 0) is 13.0 Å². The molecule has 3 saturated heterocycles. The SMILES string of the molecule is Cc1ccc2cccc(N3CCc4c(nc(OC[C@@H]5CCCN5C)nc4N4CC5CCC(C4)N5)C3)c2c1. The zero-order chi connectivity index (χ0) is 24.9. The molecule has 2 unspecified atom stereocenters. The normalized spacial score (nSPS) is 25.6. The van der Waals surface area contributed by atoms with E-state index in [-0.39, 0.29) is 0 Å². The minimum atomic E-state index is 0.452. The molecule has 4 aliphatic rings. The van der Waals surface area contributed by atoms with Crippen molar-refractivity contribution >= 4 is 22.3 Å². The summed E-state index contributed by atoms with van der Waals surface area (Å²) in [5, 5.41) is 6.38. The Morgan fingerprint density at radius 3 is 2.68 bits per heavy atom. The van der Waals surface area contributed by atoms with Gasteiger partial charge in [-0.05, 0) is 70.1 Å². The van der Waals surface area contributed by atoms with E-state index >= 15 is 0 Å². The molecule has 0 radical (unpaired) electrons. The van der Waals surface area contributed by atoms with E-state index in [1.165, 1.54) is 53.3 Å². The fourth-order valence-corrected chi connectivity index (χ4v) is 6.90. The molecule has 1 aromatic heterocycles. The average Bonchev–Trinajstić information content (AvgIpc) is 3.49. The molecule has 0 aliphatic carbocycles. The lowest BCUT2D eigenvalue weighted by molar-refractivity contribution is 0.187. The molecule has 3 aromatic rings. The molecule has 7 nitrogen and oxygen atoms in total. The highest BCUT2D eigenvalue weighted by atomic mass is 16.5. The van der Waals surface area contributed by atoms with E-state index in [1.54, 1.807) is 0 Å². The van der Waals surface area contributed by atoms with Gasteiger partial charge < -0.3 is 24.8 Å². The van der Waals surface area contributed by atoms with Gasteiger partial charge in [-0.1, -0.05) is 29.8 Å². The maximum Gasteiger partial charge on any atom is 0.318 e. The number of aromatic nitrogens is 2. The van der Waals surface area contributed by atoms with Gasteiger partial charge in [-0.15, -0.1) is 0 Å². The lowest BCUT2D eigenvalue weighted by Gasteiger charge is -2.37. The van der Waals surface area contributed by atoms with E-state index in [4.69, 9.17) is 14.7 Å². The van der Waals surface area contributed by atoms with Crippen LogP contribution in [0.2, 0.25) is 0 Å². The number of hydrogen-bond donors (Lipinski definition) is 1. The zero-order valence-corrected chi connectivity index (χ0v) is 22.1. The van der Waals surface area contributed by atoms with Gasteiger partial charge in [0.05, 0.1) is 12.2 Å². The van der Waals surface area contributed by atoms with Crippen molar-refractivity contribution in [2.24, 2.45) is 0 Å². The van der Waals surface area contributed by atoms with Crippen molar-refractivity contribution in [3.8, 4) is 6.01 Å². The maximum atomic E-state index is 6.33. The van der Waals surface area contributed by atoms with Crippen molar-refractivity contribution in [3.63, 3.8) is 0 Å². The van der Waals surface area contributed by atoms with Crippen molar-refractivity contribution in [1.29, 1.82) is 0 Å². The number of rotatable bonds is 5. The summed E-state index contributed by atoms with van der Waals surface area (Å²) in [4.78, 5) is 17.5. The number of anilines is 2. The molecule has 0 saturated carbocycles. The lowest BCUT2D eigenvalue weighted by atomic mass is 10.0. The summed E-state index contributed by atoms with van der Waals surface area (Å²) in [6, 6.07) is 15.5. The third-order valence-electron chi connectivity index (χ3n) is 8.97. The second kappa shape index (κ2) is 9.44. The zero-order valence-electron chi connectivity index (χ0n) is 22.1. The number of aryl methyl sites for hydroxylation is 1. The fraction of sp³-hybridized carbons (Fsp3) is 0.533. The van der Waals surface area contributed by atoms with Gasteiger partial charge in [0.1, 0.15) is 12.4 Å². The second-order valence-corrected chi connectivity index (χ2v) is 11.6. The molecular weight excluding hydrogens is 460 g/mol. The van der Waals surface area contributed by atoms with E-state index < -0.39 is 0 Å². The van der Waals surface area contributed by atoms with Crippen LogP contribution in [0.25, 0.3) is 10.8 Å². The average molecular weight is 499 g/mol. The first-order chi connectivity index (χ1) is 18.1. The summed E-state index contributed by atoms with van der Waals surface area (Å²) in [7, 11) is 2.19. The maximum absolute atomic E-state index is 6.33. The molecule has 3 atom stereocenters. The number of likely N-dealkylation sites (tertiary alicyclic amines) is 1. The standard InChI is InChI=1S/C30H38N6O/c1-20-8-9-21-5-3-7-28(26(21)15-20)35-14-12-25-27(18-35)32-30(37-19-24-6-4-13-34(24)2)33-29(25)36-16-22-10-11-23(17-36)31-22/h3,5,7-9,15,22-24,31H,4,6,10-14,16-19H2,1-2H3/t22?,23?,24-/m0/s1. The van der Waals surface area contributed by atoms with Crippen LogP contribution in [0, 0.1) is 6.92 Å². The third kappa shape index (κ3) is 4.42. The molecule has 0 amide bonds. The van der Waals surface area contributed by atoms with E-state index in [9.17, 15) is 0 Å². The summed E-state index contributed by atoms with van der Waals surface area (Å²) < 4.78 is 6.33. The molecular formula is C30H38N6O. The van der Waals surface area contributed by atoms with Crippen LogP contribution in [0.15, 0.2) is 36.4 Å². The number of hydrogen-bond acceptors (Lipinski definition) is 7. The number of benzene rings is 2. The number of ether oxygens (including phenoxy) is 1. The highest BCUT2D eigenvalue weighted by Gasteiger charge is 2.35. The molecule has 2 aromatic carbocycles. The van der Waals surface area contributed by atoms with Crippen molar-refractivity contribution in [1.82, 2.24) is 20.2 Å². The van der Waals surface area contributed by atoms with Crippen LogP contribution in [0.4, 0.5) is 11.5 Å². The number of likely N-dealkylation sites (N-methyl/N-ethyl adjacent to an activating group) is 1. The highest BCUT2D eigenvalue weighted by Crippen LogP contribution is 2.36. The Bertz CT molecular complexity index is 1300. The second-order valence-electron chi connectivity index (χ2n) is 11.6. The summed E-state index contributed by atoms with van der Waals surface area (Å²) in [5.74, 6) is 1.12. The van der Waals surface area contributed by atoms with Gasteiger partial charge in [0.2, 0.25) is 0 Å². The van der Waals surface area contributed by atoms with Crippen LogP contribution in [-0.4, -0.2) is 72.8 Å². The first kappa shape index (κ1) is 23.2. The Morgan fingerprint density at radius 1 is 1.00 bits per heavy atom. The third-order valence-corrected chi connectivity index (χ3v) is 8.97. The molecule has 5 heterocycles. The van der Waals surface area contributed by atoms with Gasteiger partial charge >= 0.3 is 6.01 Å². The predicted molar refractivity (Wildman–Crippen MR) is 149 cm³/mol. The predicted octanol–water partition coefficient (Wildman–Crippen LogP) is 3.91. The van der Waals surface area contributed by atoms with Crippen molar-refractivity contribution in [2.75, 3.05) is 49.6 Å². The van der Waals surface area contributed by atoms with E-state index in [0.717, 1.165) is 50.7 Å². The van der Waals surface area contributed by atoms with Gasteiger partial charge in [0.25, 0.3) is 0 Å². The van der Waals surface area contributed by atoms with Gasteiger partial charge in [-0.25, -0.2) is 0 Å². The summed E-state index contributed by atoms with van der Waals surface area (Å²) in [6.07, 6.45) is 5.91. The van der Waals surface area contributed by atoms with Crippen molar-refractivity contribution < 1.29 is 4.74 Å². The number of fused-ring (bicyclic) bond motifs is 4. The van der Waals surface area contributed by atoms with E-state index in [2.05, 4.69) is 70.4 Å². The van der Waals surface area contributed by atoms with E-state index in [0.29, 0.717) is 30.7 Å². The molecule has 194 valence electrons. The minimum Gasteiger partial charge on any atom is -0.462 e. The fourth-order valence-electron chi connectivity index (χ4n) is 6.90. The Balaban J connectivity index is 1.22. The van der Waals surface area contributed by atoms with Crippen molar-refractivity contribution in [2.45, 2.75) is 63.7 Å². The van der Waals surface area contributed by atoms with Gasteiger partial charge in [-0.3, -0.25) is 0 Å². The molecule has 4 aliphatic heterocycles. The largest absolute Gasteiger partial charge is 0.462 e. The van der Waals surface area contributed by atoms with Gasteiger partial charge in [0.15, 0.2) is 0 Å². The molecule has 1 N–H and O–H groups in total. The highest BCUT2D eigenvalue weighted by molar-refractivity contribution is 5.95. The van der Waals surface area contributed by atoms with Crippen molar-refractivity contribution in [3.05, 3.63) is 53.2 Å². The smallest absolute Gasteiger partial charge is 0.318 e. The van der Waals surface area contributed by atoms with E-state index in [1.807, 2.05) is 0 Å². The molecule has 0 spiro atoms. The Labute approximate surface area is 219 Å². The Hall–Kier alpha value is -2.90. The van der Waals surface area contributed by atoms with Crippen LogP contribution in [0.3, 0.4) is 0 Å². The molecule has 7 rings (SSSR count). The topological polar surface area (TPSA) is 56.8 Å². The van der Waals surface area contributed by atoms with Crippen LogP contribution < -0.4 is 19.9 Å². The quantitative estimate of drug-likeness (QED) is 0.572. The molecule has 37 heavy (non-hydrogen) atoms. The molecule has 2 bridgehead atoms. The van der Waals surface area contributed by atoms with Gasteiger partial charge in [0, 0.05) is 54.4 Å².